The summed E-state index contributed by atoms with van der Waals surface area (Å²) in [7, 11) is 0. The molecule has 0 amide bonds. The molecule has 0 atom stereocenters. The van der Waals surface area contributed by atoms with Gasteiger partial charge < -0.3 is 4.74 Å². The van der Waals surface area contributed by atoms with E-state index in [0.29, 0.717) is 12.2 Å². The molecular weight excluding hydrogens is 184 g/mol. The molecule has 0 aliphatic carbocycles. The molecule has 0 aromatic heterocycles. The normalized spacial score (nSPS) is 9.57. The Labute approximate surface area is 84.1 Å². The molecule has 0 spiro atoms. The summed E-state index contributed by atoms with van der Waals surface area (Å²) < 4.78 is 4.74. The number of ether oxygens (including phenoxy) is 1. The summed E-state index contributed by atoms with van der Waals surface area (Å²) in [5.41, 5.74) is 1.23. The second kappa shape index (κ2) is 7.29. The third-order valence-electron chi connectivity index (χ3n) is 1.14. The first kappa shape index (κ1) is 12.9. The van der Waals surface area contributed by atoms with E-state index >= 15 is 0 Å². The maximum atomic E-state index is 10.9. The van der Waals surface area contributed by atoms with Crippen molar-refractivity contribution in [3.63, 3.8) is 0 Å². The molecule has 4 nitrogen and oxygen atoms in total. The van der Waals surface area contributed by atoms with Gasteiger partial charge in [-0.3, -0.25) is 0 Å². The number of carbonyl (C=O) groups is 1. The van der Waals surface area contributed by atoms with E-state index in [0.717, 1.165) is 5.57 Å². The third kappa shape index (κ3) is 7.52. The summed E-state index contributed by atoms with van der Waals surface area (Å²) in [6.45, 7) is 11.2. The minimum Gasteiger partial charge on any atom is -0.460 e. The van der Waals surface area contributed by atoms with Gasteiger partial charge in [0.2, 0.25) is 0 Å². The first-order valence-corrected chi connectivity index (χ1v) is 4.25. The molecule has 14 heavy (non-hydrogen) atoms. The van der Waals surface area contributed by atoms with E-state index in [4.69, 9.17) is 14.5 Å². The highest BCUT2D eigenvalue weighted by molar-refractivity contribution is 5.86. The quantitative estimate of drug-likeness (QED) is 0.156. The molecule has 0 aliphatic rings. The van der Waals surface area contributed by atoms with Gasteiger partial charge in [0.1, 0.15) is 19.8 Å². The summed E-state index contributed by atoms with van der Waals surface area (Å²) in [4.78, 5) is 20.3. The van der Waals surface area contributed by atoms with Crippen LogP contribution in [0.15, 0.2) is 24.3 Å². The van der Waals surface area contributed by atoms with Crippen molar-refractivity contribution in [3.05, 3.63) is 24.3 Å². The van der Waals surface area contributed by atoms with Crippen LogP contribution in [-0.2, 0) is 19.3 Å². The largest absolute Gasteiger partial charge is 0.460 e. The fourth-order valence-electron chi connectivity index (χ4n) is 0.493. The second-order valence-corrected chi connectivity index (χ2v) is 2.96. The number of esters is 1. The van der Waals surface area contributed by atoms with Crippen LogP contribution in [0.5, 0.6) is 0 Å². The lowest BCUT2D eigenvalue weighted by Gasteiger charge is -2.05. The molecule has 0 unspecified atom stereocenters. The van der Waals surface area contributed by atoms with Crippen LogP contribution in [0.4, 0.5) is 0 Å². The smallest absolute Gasteiger partial charge is 0.333 e. The van der Waals surface area contributed by atoms with E-state index in [-0.39, 0.29) is 13.2 Å². The molecular formula is C10H16O4. The molecule has 0 N–H and O–H groups in total. The van der Waals surface area contributed by atoms with Gasteiger partial charge in [0, 0.05) is 5.57 Å². The van der Waals surface area contributed by atoms with E-state index in [1.165, 1.54) is 0 Å². The van der Waals surface area contributed by atoms with Crippen molar-refractivity contribution in [2.24, 2.45) is 0 Å². The molecule has 0 bridgehead atoms. The van der Waals surface area contributed by atoms with Gasteiger partial charge in [-0.1, -0.05) is 18.7 Å². The Bertz CT molecular complexity index is 220. The Hall–Kier alpha value is -1.13. The first-order valence-electron chi connectivity index (χ1n) is 4.25. The summed E-state index contributed by atoms with van der Waals surface area (Å²) in [6.07, 6.45) is 0. The highest BCUT2D eigenvalue weighted by Crippen LogP contribution is 1.93. The zero-order valence-electron chi connectivity index (χ0n) is 8.67. The van der Waals surface area contributed by atoms with Crippen LogP contribution >= 0.6 is 0 Å². The fraction of sp³-hybridized carbons (Fsp3) is 0.500. The molecule has 0 heterocycles. The van der Waals surface area contributed by atoms with Gasteiger partial charge in [-0.15, -0.1) is 0 Å². The van der Waals surface area contributed by atoms with E-state index < -0.39 is 5.97 Å². The van der Waals surface area contributed by atoms with Gasteiger partial charge in [-0.05, 0) is 13.8 Å². The van der Waals surface area contributed by atoms with Gasteiger partial charge >= 0.3 is 5.97 Å². The molecule has 0 aliphatic heterocycles. The van der Waals surface area contributed by atoms with Crippen LogP contribution in [0, 0.1) is 0 Å². The van der Waals surface area contributed by atoms with Crippen LogP contribution < -0.4 is 0 Å². The summed E-state index contributed by atoms with van der Waals surface area (Å²) in [5.74, 6) is -0.423. The SMILES string of the molecule is C=C(C)COOCCOC(=O)C(=C)C. The van der Waals surface area contributed by atoms with E-state index in [1.54, 1.807) is 6.92 Å². The summed E-state index contributed by atoms with van der Waals surface area (Å²) in [5, 5.41) is 0. The van der Waals surface area contributed by atoms with Gasteiger partial charge in [0.25, 0.3) is 0 Å². The third-order valence-corrected chi connectivity index (χ3v) is 1.14. The average molecular weight is 200 g/mol. The highest BCUT2D eigenvalue weighted by Gasteiger charge is 2.01. The van der Waals surface area contributed by atoms with Crippen molar-refractivity contribution in [2.45, 2.75) is 13.8 Å². The minimum absolute atomic E-state index is 0.155. The standard InChI is InChI=1S/C10H16O4/c1-8(2)7-14-13-6-5-12-10(11)9(3)4/h1,3,5-7H2,2,4H3. The number of rotatable bonds is 7. The number of hydrogen-bond acceptors (Lipinski definition) is 4. The Morgan fingerprint density at radius 3 is 2.29 bits per heavy atom. The summed E-state index contributed by atoms with van der Waals surface area (Å²) >= 11 is 0. The number of carbonyl (C=O) groups excluding carboxylic acids is 1. The van der Waals surface area contributed by atoms with Gasteiger partial charge in [-0.2, -0.15) is 0 Å². The maximum Gasteiger partial charge on any atom is 0.333 e. The Morgan fingerprint density at radius 2 is 1.79 bits per heavy atom. The second-order valence-electron chi connectivity index (χ2n) is 2.96. The number of hydrogen-bond donors (Lipinski definition) is 0. The molecule has 0 radical (unpaired) electrons. The topological polar surface area (TPSA) is 44.8 Å². The lowest BCUT2D eigenvalue weighted by atomic mass is 10.4. The van der Waals surface area contributed by atoms with E-state index in [2.05, 4.69) is 13.2 Å². The predicted molar refractivity (Wildman–Crippen MR) is 52.5 cm³/mol. The lowest BCUT2D eigenvalue weighted by molar-refractivity contribution is -0.291. The average Bonchev–Trinajstić information content (AvgIpc) is 2.09. The molecule has 0 fully saturated rings. The van der Waals surface area contributed by atoms with Crippen molar-refractivity contribution in [2.75, 3.05) is 19.8 Å². The monoisotopic (exact) mass is 200 g/mol. The van der Waals surface area contributed by atoms with Crippen LogP contribution in [-0.4, -0.2) is 25.8 Å². The molecule has 0 aromatic carbocycles. The van der Waals surface area contributed by atoms with Crippen molar-refractivity contribution in [3.8, 4) is 0 Å². The molecule has 0 aromatic rings. The van der Waals surface area contributed by atoms with Crippen LogP contribution in [0.1, 0.15) is 13.8 Å². The van der Waals surface area contributed by atoms with Crippen LogP contribution in [0.3, 0.4) is 0 Å². The van der Waals surface area contributed by atoms with Crippen molar-refractivity contribution in [1.29, 1.82) is 0 Å². The molecule has 4 heteroatoms. The first-order chi connectivity index (χ1) is 6.54. The van der Waals surface area contributed by atoms with E-state index in [1.807, 2.05) is 6.92 Å². The lowest BCUT2D eigenvalue weighted by Crippen LogP contribution is -2.11. The Balaban J connectivity index is 3.26. The fourth-order valence-corrected chi connectivity index (χ4v) is 0.493. The van der Waals surface area contributed by atoms with Crippen LogP contribution in [0.2, 0.25) is 0 Å². The highest BCUT2D eigenvalue weighted by atomic mass is 17.2. The van der Waals surface area contributed by atoms with Gasteiger partial charge in [0.05, 0.1) is 0 Å². The van der Waals surface area contributed by atoms with Gasteiger partial charge in [0.15, 0.2) is 0 Å². The zero-order chi connectivity index (χ0) is 11.0. The summed E-state index contributed by atoms with van der Waals surface area (Å²) in [6, 6.07) is 0. The molecule has 0 rings (SSSR count). The zero-order valence-corrected chi connectivity index (χ0v) is 8.67. The van der Waals surface area contributed by atoms with E-state index in [9.17, 15) is 4.79 Å². The molecule has 0 saturated heterocycles. The van der Waals surface area contributed by atoms with Crippen molar-refractivity contribution in [1.82, 2.24) is 0 Å². The Morgan fingerprint density at radius 1 is 1.14 bits per heavy atom. The van der Waals surface area contributed by atoms with Crippen molar-refractivity contribution < 1.29 is 19.3 Å². The van der Waals surface area contributed by atoms with Crippen molar-refractivity contribution >= 4 is 5.97 Å². The minimum atomic E-state index is -0.423. The van der Waals surface area contributed by atoms with Gasteiger partial charge in [-0.25, -0.2) is 14.6 Å². The molecule has 0 saturated carbocycles. The predicted octanol–water partition coefficient (Wildman–Crippen LogP) is 1.63. The van der Waals surface area contributed by atoms with Crippen LogP contribution in [0.25, 0.3) is 0 Å². The molecule has 80 valence electrons. The Kier molecular flexibility index (Phi) is 6.70. The maximum absolute atomic E-state index is 10.9.